The van der Waals surface area contributed by atoms with Crippen molar-refractivity contribution in [3.63, 3.8) is 0 Å². The summed E-state index contributed by atoms with van der Waals surface area (Å²) in [6.07, 6.45) is 0. The van der Waals surface area contributed by atoms with Gasteiger partial charge in [0.15, 0.2) is 0 Å². The number of thiazole rings is 1. The van der Waals surface area contributed by atoms with Gasteiger partial charge in [-0.1, -0.05) is 6.07 Å². The van der Waals surface area contributed by atoms with E-state index in [0.717, 1.165) is 23.0 Å². The Balaban J connectivity index is 1.76. The molecule has 0 atom stereocenters. The summed E-state index contributed by atoms with van der Waals surface area (Å²) in [6.45, 7) is 2.75. The SMILES string of the molecule is COCCNCCNC(=O)c1csc(-c2cccs2)n1. The Hall–Kier alpha value is -1.28. The van der Waals surface area contributed by atoms with Crippen LogP contribution >= 0.6 is 22.7 Å². The average Bonchev–Trinajstić information content (AvgIpc) is 3.12. The van der Waals surface area contributed by atoms with E-state index in [1.807, 2.05) is 17.5 Å². The molecule has 2 aromatic rings. The molecule has 0 spiro atoms. The van der Waals surface area contributed by atoms with Gasteiger partial charge in [0, 0.05) is 32.1 Å². The molecule has 0 aromatic carbocycles. The molecule has 0 saturated carbocycles. The minimum Gasteiger partial charge on any atom is -0.383 e. The molecule has 1 amide bonds. The second-order valence-corrected chi connectivity index (χ2v) is 5.82. The molecular formula is C13H17N3O2S2. The molecule has 2 aromatic heterocycles. The summed E-state index contributed by atoms with van der Waals surface area (Å²) in [7, 11) is 1.66. The largest absolute Gasteiger partial charge is 0.383 e. The van der Waals surface area contributed by atoms with Gasteiger partial charge in [-0.2, -0.15) is 0 Å². The molecule has 108 valence electrons. The lowest BCUT2D eigenvalue weighted by molar-refractivity contribution is 0.0949. The van der Waals surface area contributed by atoms with E-state index < -0.39 is 0 Å². The zero-order valence-electron chi connectivity index (χ0n) is 11.2. The normalized spacial score (nSPS) is 10.7. The zero-order valence-corrected chi connectivity index (χ0v) is 12.9. The van der Waals surface area contributed by atoms with Crippen molar-refractivity contribution in [2.24, 2.45) is 0 Å². The first-order chi connectivity index (χ1) is 9.81. The predicted octanol–water partition coefficient (Wildman–Crippen LogP) is 1.84. The highest BCUT2D eigenvalue weighted by Gasteiger charge is 2.11. The number of thiophene rings is 1. The third kappa shape index (κ3) is 4.38. The van der Waals surface area contributed by atoms with E-state index in [4.69, 9.17) is 4.74 Å². The molecule has 0 saturated heterocycles. The van der Waals surface area contributed by atoms with Crippen LogP contribution in [0.4, 0.5) is 0 Å². The van der Waals surface area contributed by atoms with Crippen molar-refractivity contribution in [3.05, 3.63) is 28.6 Å². The molecule has 20 heavy (non-hydrogen) atoms. The molecule has 5 nitrogen and oxygen atoms in total. The fourth-order valence-electron chi connectivity index (χ4n) is 1.55. The highest BCUT2D eigenvalue weighted by Crippen LogP contribution is 2.27. The topological polar surface area (TPSA) is 63.2 Å². The lowest BCUT2D eigenvalue weighted by Gasteiger charge is -2.04. The summed E-state index contributed by atoms with van der Waals surface area (Å²) < 4.78 is 4.92. The Morgan fingerprint density at radius 2 is 2.25 bits per heavy atom. The summed E-state index contributed by atoms with van der Waals surface area (Å²) in [5.41, 5.74) is 0.482. The van der Waals surface area contributed by atoms with Crippen LogP contribution in [0.15, 0.2) is 22.9 Å². The van der Waals surface area contributed by atoms with Crippen molar-refractivity contribution in [1.82, 2.24) is 15.6 Å². The Bertz CT molecular complexity index is 525. The number of hydrogen-bond acceptors (Lipinski definition) is 6. The van der Waals surface area contributed by atoms with Crippen LogP contribution in [-0.4, -0.2) is 44.2 Å². The maximum atomic E-state index is 11.9. The number of ether oxygens (including phenoxy) is 1. The number of carbonyl (C=O) groups is 1. The van der Waals surface area contributed by atoms with Crippen molar-refractivity contribution < 1.29 is 9.53 Å². The Labute approximate surface area is 126 Å². The summed E-state index contributed by atoms with van der Waals surface area (Å²) >= 11 is 3.12. The van der Waals surface area contributed by atoms with Crippen LogP contribution < -0.4 is 10.6 Å². The Morgan fingerprint density at radius 3 is 3.00 bits per heavy atom. The van der Waals surface area contributed by atoms with Crippen molar-refractivity contribution in [1.29, 1.82) is 0 Å². The smallest absolute Gasteiger partial charge is 0.270 e. The molecule has 0 aliphatic carbocycles. The van der Waals surface area contributed by atoms with Gasteiger partial charge in [-0.25, -0.2) is 4.98 Å². The van der Waals surface area contributed by atoms with Gasteiger partial charge in [0.05, 0.1) is 11.5 Å². The molecule has 0 aliphatic rings. The fraction of sp³-hybridized carbons (Fsp3) is 0.385. The van der Waals surface area contributed by atoms with Crippen LogP contribution in [0.3, 0.4) is 0 Å². The molecule has 0 unspecified atom stereocenters. The first kappa shape index (κ1) is 15.1. The van der Waals surface area contributed by atoms with Gasteiger partial charge in [-0.3, -0.25) is 4.79 Å². The second kappa shape index (κ2) is 8.11. The van der Waals surface area contributed by atoms with Crippen LogP contribution in [0.2, 0.25) is 0 Å². The van der Waals surface area contributed by atoms with Gasteiger partial charge in [-0.15, -0.1) is 22.7 Å². The minimum absolute atomic E-state index is 0.127. The lowest BCUT2D eigenvalue weighted by Crippen LogP contribution is -2.33. The molecule has 7 heteroatoms. The Morgan fingerprint density at radius 1 is 1.35 bits per heavy atom. The number of nitrogens with one attached hydrogen (secondary N) is 2. The minimum atomic E-state index is -0.127. The second-order valence-electron chi connectivity index (χ2n) is 4.01. The van der Waals surface area contributed by atoms with Gasteiger partial charge >= 0.3 is 0 Å². The number of hydrogen-bond donors (Lipinski definition) is 2. The maximum absolute atomic E-state index is 11.9. The van der Waals surface area contributed by atoms with E-state index in [9.17, 15) is 4.79 Å². The fourth-order valence-corrected chi connectivity index (χ4v) is 3.16. The third-order valence-electron chi connectivity index (χ3n) is 2.54. The van der Waals surface area contributed by atoms with Gasteiger partial charge in [0.25, 0.3) is 5.91 Å². The molecule has 2 N–H and O–H groups in total. The molecular weight excluding hydrogens is 294 g/mol. The molecule has 2 rings (SSSR count). The number of amides is 1. The Kier molecular flexibility index (Phi) is 6.13. The van der Waals surface area contributed by atoms with Gasteiger partial charge in [0.2, 0.25) is 0 Å². The summed E-state index contributed by atoms with van der Waals surface area (Å²) in [4.78, 5) is 17.4. The summed E-state index contributed by atoms with van der Waals surface area (Å²) in [5.74, 6) is -0.127. The molecule has 0 bridgehead atoms. The molecule has 0 radical (unpaired) electrons. The lowest BCUT2D eigenvalue weighted by atomic mass is 10.4. The van der Waals surface area contributed by atoms with E-state index in [1.54, 1.807) is 23.8 Å². The standard InChI is InChI=1S/C13H17N3O2S2/c1-18-7-6-14-4-5-15-12(17)10-9-20-13(16-10)11-3-2-8-19-11/h2-3,8-9,14H,4-7H2,1H3,(H,15,17). The van der Waals surface area contributed by atoms with Crippen molar-refractivity contribution in [3.8, 4) is 9.88 Å². The van der Waals surface area contributed by atoms with Gasteiger partial charge in [-0.05, 0) is 11.4 Å². The first-order valence-corrected chi connectivity index (χ1v) is 8.04. The van der Waals surface area contributed by atoms with Crippen LogP contribution in [0, 0.1) is 0 Å². The van der Waals surface area contributed by atoms with Gasteiger partial charge in [0.1, 0.15) is 10.7 Å². The number of carbonyl (C=O) groups excluding carboxylic acids is 1. The first-order valence-electron chi connectivity index (χ1n) is 6.28. The number of nitrogens with zero attached hydrogens (tertiary/aromatic N) is 1. The molecule has 0 aliphatic heterocycles. The van der Waals surface area contributed by atoms with Crippen molar-refractivity contribution in [2.75, 3.05) is 33.4 Å². The molecule has 0 fully saturated rings. The number of aromatic nitrogens is 1. The highest BCUT2D eigenvalue weighted by atomic mass is 32.1. The van der Waals surface area contributed by atoms with E-state index in [0.29, 0.717) is 18.8 Å². The quantitative estimate of drug-likeness (QED) is 0.730. The van der Waals surface area contributed by atoms with Crippen LogP contribution in [0.1, 0.15) is 10.5 Å². The predicted molar refractivity (Wildman–Crippen MR) is 82.5 cm³/mol. The zero-order chi connectivity index (χ0) is 14.2. The van der Waals surface area contributed by atoms with E-state index in [-0.39, 0.29) is 5.91 Å². The molecule has 2 heterocycles. The monoisotopic (exact) mass is 311 g/mol. The third-order valence-corrected chi connectivity index (χ3v) is 4.42. The van der Waals surface area contributed by atoms with Crippen LogP contribution in [-0.2, 0) is 4.74 Å². The summed E-state index contributed by atoms with van der Waals surface area (Å²) in [6, 6.07) is 3.98. The van der Waals surface area contributed by atoms with E-state index in [2.05, 4.69) is 15.6 Å². The average molecular weight is 311 g/mol. The van der Waals surface area contributed by atoms with Crippen LogP contribution in [0.5, 0.6) is 0 Å². The van der Waals surface area contributed by atoms with Crippen molar-refractivity contribution in [2.45, 2.75) is 0 Å². The van der Waals surface area contributed by atoms with Gasteiger partial charge < -0.3 is 15.4 Å². The van der Waals surface area contributed by atoms with E-state index in [1.165, 1.54) is 11.3 Å². The maximum Gasteiger partial charge on any atom is 0.270 e. The highest BCUT2D eigenvalue weighted by molar-refractivity contribution is 7.20. The van der Waals surface area contributed by atoms with E-state index >= 15 is 0 Å². The van der Waals surface area contributed by atoms with Crippen LogP contribution in [0.25, 0.3) is 9.88 Å². The van der Waals surface area contributed by atoms with Crippen molar-refractivity contribution >= 4 is 28.6 Å². The number of methoxy groups -OCH3 is 1. The summed E-state index contributed by atoms with van der Waals surface area (Å²) in [5, 5.41) is 10.7. The number of rotatable bonds is 8.